The van der Waals surface area contributed by atoms with Crippen molar-refractivity contribution < 1.29 is 27.5 Å². The van der Waals surface area contributed by atoms with Gasteiger partial charge in [0.25, 0.3) is 5.91 Å². The van der Waals surface area contributed by atoms with E-state index in [0.717, 1.165) is 30.0 Å². The topological polar surface area (TPSA) is 46.6 Å². The normalized spacial score (nSPS) is 15.2. The van der Waals surface area contributed by atoms with Crippen molar-refractivity contribution in [2.45, 2.75) is 11.1 Å². The molecule has 1 aliphatic rings. The molecule has 1 aliphatic heterocycles. The van der Waals surface area contributed by atoms with E-state index in [4.69, 9.17) is 0 Å². The van der Waals surface area contributed by atoms with Crippen LogP contribution in [-0.2, 0) is 15.7 Å². The molecule has 3 rings (SSSR count). The van der Waals surface area contributed by atoms with Crippen LogP contribution in [-0.4, -0.2) is 25.2 Å². The van der Waals surface area contributed by atoms with Crippen LogP contribution in [0.2, 0.25) is 0 Å². The number of esters is 1. The second-order valence-electron chi connectivity index (χ2n) is 5.62. The number of ether oxygens (including phenoxy) is 1. The molecule has 4 nitrogen and oxygen atoms in total. The van der Waals surface area contributed by atoms with Crippen LogP contribution in [0.25, 0.3) is 5.70 Å². The van der Waals surface area contributed by atoms with E-state index in [2.05, 4.69) is 4.74 Å². The molecule has 0 radical (unpaired) electrons. The molecule has 2 aromatic carbocycles. The zero-order chi connectivity index (χ0) is 19.8. The largest absolute Gasteiger partial charge is 0.466 e. The van der Waals surface area contributed by atoms with E-state index in [9.17, 15) is 22.8 Å². The summed E-state index contributed by atoms with van der Waals surface area (Å²) in [6.45, 7) is 0. The summed E-state index contributed by atoms with van der Waals surface area (Å²) in [5.74, 6) is -1.09. The highest BCUT2D eigenvalue weighted by Gasteiger charge is 2.36. The van der Waals surface area contributed by atoms with Gasteiger partial charge < -0.3 is 4.74 Å². The minimum absolute atomic E-state index is 0.262. The number of anilines is 1. The average molecular weight is 393 g/mol. The number of carbonyl (C=O) groups is 2. The van der Waals surface area contributed by atoms with Crippen LogP contribution in [0, 0.1) is 0 Å². The van der Waals surface area contributed by atoms with Gasteiger partial charge in [0.15, 0.2) is 0 Å². The molecule has 8 heteroatoms. The number of amides is 1. The Morgan fingerprint density at radius 2 is 1.81 bits per heavy atom. The summed E-state index contributed by atoms with van der Waals surface area (Å²) in [6, 6.07) is 9.81. The molecule has 27 heavy (non-hydrogen) atoms. The smallest absolute Gasteiger partial charge is 0.416 e. The van der Waals surface area contributed by atoms with Gasteiger partial charge in [-0.2, -0.15) is 13.2 Å². The number of methoxy groups -OCH3 is 1. The lowest BCUT2D eigenvalue weighted by molar-refractivity contribution is -0.137. The Balaban J connectivity index is 2.19. The Morgan fingerprint density at radius 1 is 1.15 bits per heavy atom. The van der Waals surface area contributed by atoms with Crippen LogP contribution < -0.4 is 4.90 Å². The number of hydrogen-bond donors (Lipinski definition) is 0. The molecule has 0 spiro atoms. The molecule has 0 N–H and O–H groups in total. The zero-order valence-corrected chi connectivity index (χ0v) is 15.1. The molecule has 0 unspecified atom stereocenters. The standard InChI is InChI=1S/C19H14F3NO3S/c1-26-17(24)10-15-12-5-3-4-6-13(12)18(25)23(15)14-8-7-11(19(20,21)22)9-16(14)27-2/h3-10H,1-2H3/b15-10+. The molecule has 1 amide bonds. The van der Waals surface area contributed by atoms with E-state index in [-0.39, 0.29) is 16.3 Å². The van der Waals surface area contributed by atoms with E-state index in [0.29, 0.717) is 11.1 Å². The first-order chi connectivity index (χ1) is 12.8. The fraction of sp³-hybridized carbons (Fsp3) is 0.158. The predicted molar refractivity (Wildman–Crippen MR) is 96.5 cm³/mol. The van der Waals surface area contributed by atoms with Crippen molar-refractivity contribution in [2.24, 2.45) is 0 Å². The number of benzene rings is 2. The summed E-state index contributed by atoms with van der Waals surface area (Å²) >= 11 is 1.08. The van der Waals surface area contributed by atoms with E-state index >= 15 is 0 Å². The van der Waals surface area contributed by atoms with Gasteiger partial charge in [-0.25, -0.2) is 4.79 Å². The third kappa shape index (κ3) is 3.44. The molecule has 0 fully saturated rings. The third-order valence-electron chi connectivity index (χ3n) is 4.08. The van der Waals surface area contributed by atoms with Crippen LogP contribution >= 0.6 is 11.8 Å². The van der Waals surface area contributed by atoms with Crippen molar-refractivity contribution in [3.63, 3.8) is 0 Å². The first-order valence-corrected chi connectivity index (χ1v) is 8.99. The number of carbonyl (C=O) groups excluding carboxylic acids is 2. The Labute approximate surface area is 157 Å². The van der Waals surface area contributed by atoms with Crippen molar-refractivity contribution >= 4 is 35.0 Å². The second-order valence-corrected chi connectivity index (χ2v) is 6.47. The van der Waals surface area contributed by atoms with Crippen molar-refractivity contribution in [3.05, 3.63) is 65.2 Å². The zero-order valence-electron chi connectivity index (χ0n) is 14.3. The number of halogens is 3. The minimum Gasteiger partial charge on any atom is -0.466 e. The van der Waals surface area contributed by atoms with Crippen molar-refractivity contribution in [1.29, 1.82) is 0 Å². The van der Waals surface area contributed by atoms with E-state index in [1.165, 1.54) is 18.1 Å². The molecule has 0 aromatic heterocycles. The minimum atomic E-state index is -4.49. The van der Waals surface area contributed by atoms with Crippen LogP contribution in [0.3, 0.4) is 0 Å². The lowest BCUT2D eigenvalue weighted by Crippen LogP contribution is -2.24. The van der Waals surface area contributed by atoms with Gasteiger partial charge in [-0.1, -0.05) is 18.2 Å². The molecule has 2 aromatic rings. The van der Waals surface area contributed by atoms with Crippen molar-refractivity contribution in [2.75, 3.05) is 18.3 Å². The van der Waals surface area contributed by atoms with Gasteiger partial charge in [0, 0.05) is 22.1 Å². The maximum absolute atomic E-state index is 13.0. The van der Waals surface area contributed by atoms with Gasteiger partial charge in [0.05, 0.1) is 24.1 Å². The van der Waals surface area contributed by atoms with Crippen LogP contribution in [0.4, 0.5) is 18.9 Å². The highest BCUT2D eigenvalue weighted by molar-refractivity contribution is 7.98. The fourth-order valence-corrected chi connectivity index (χ4v) is 3.45. The number of nitrogens with zero attached hydrogens (tertiary/aromatic N) is 1. The first-order valence-electron chi connectivity index (χ1n) is 7.76. The molecule has 0 saturated heterocycles. The SMILES string of the molecule is COC(=O)/C=C1\c2ccccc2C(=O)N1c1ccc(C(F)(F)F)cc1SC. The summed E-state index contributed by atoms with van der Waals surface area (Å²) in [5.41, 5.74) is 0.599. The quantitative estimate of drug-likeness (QED) is 0.434. The molecule has 0 saturated carbocycles. The van der Waals surface area contributed by atoms with Crippen LogP contribution in [0.1, 0.15) is 21.5 Å². The summed E-state index contributed by atoms with van der Waals surface area (Å²) in [7, 11) is 1.21. The van der Waals surface area contributed by atoms with Crippen LogP contribution in [0.15, 0.2) is 53.4 Å². The predicted octanol–water partition coefficient (Wildman–Crippen LogP) is 4.60. The van der Waals surface area contributed by atoms with E-state index in [1.807, 2.05) is 0 Å². The van der Waals surface area contributed by atoms with E-state index in [1.54, 1.807) is 30.5 Å². The highest BCUT2D eigenvalue weighted by atomic mass is 32.2. The lowest BCUT2D eigenvalue weighted by atomic mass is 10.1. The molecular formula is C19H14F3NO3S. The number of thioether (sulfide) groups is 1. The van der Waals surface area contributed by atoms with Crippen molar-refractivity contribution in [1.82, 2.24) is 0 Å². The van der Waals surface area contributed by atoms with Crippen molar-refractivity contribution in [3.8, 4) is 0 Å². The molecule has 140 valence electrons. The molecular weight excluding hydrogens is 379 g/mol. The molecule has 0 aliphatic carbocycles. The van der Waals surface area contributed by atoms with Gasteiger partial charge in [0.2, 0.25) is 0 Å². The first kappa shape index (κ1) is 19.0. The lowest BCUT2D eigenvalue weighted by Gasteiger charge is -2.22. The number of rotatable bonds is 3. The summed E-state index contributed by atoms with van der Waals surface area (Å²) in [5, 5.41) is 0. The Morgan fingerprint density at radius 3 is 2.41 bits per heavy atom. The summed E-state index contributed by atoms with van der Waals surface area (Å²) in [4.78, 5) is 26.2. The fourth-order valence-electron chi connectivity index (χ4n) is 2.83. The summed E-state index contributed by atoms with van der Waals surface area (Å²) in [6.07, 6.45) is -1.71. The second kappa shape index (κ2) is 7.11. The molecule has 0 bridgehead atoms. The molecule has 0 atom stereocenters. The Kier molecular flexibility index (Phi) is 5.01. The van der Waals surface area contributed by atoms with Gasteiger partial charge in [0.1, 0.15) is 0 Å². The van der Waals surface area contributed by atoms with Gasteiger partial charge in [-0.3, -0.25) is 9.69 Å². The molecule has 1 heterocycles. The van der Waals surface area contributed by atoms with E-state index < -0.39 is 23.6 Å². The van der Waals surface area contributed by atoms with Crippen LogP contribution in [0.5, 0.6) is 0 Å². The Hall–Kier alpha value is -2.74. The number of hydrogen-bond acceptors (Lipinski definition) is 4. The maximum Gasteiger partial charge on any atom is 0.416 e. The maximum atomic E-state index is 13.0. The monoisotopic (exact) mass is 393 g/mol. The van der Waals surface area contributed by atoms with Gasteiger partial charge >= 0.3 is 12.1 Å². The average Bonchev–Trinajstić information content (AvgIpc) is 2.92. The number of fused-ring (bicyclic) bond motifs is 1. The summed E-state index contributed by atoms with van der Waals surface area (Å²) < 4.78 is 43.8. The van der Waals surface area contributed by atoms with Gasteiger partial charge in [-0.05, 0) is 30.5 Å². The van der Waals surface area contributed by atoms with Gasteiger partial charge in [-0.15, -0.1) is 11.8 Å². The number of alkyl halides is 3. The Bertz CT molecular complexity index is 953. The third-order valence-corrected chi connectivity index (χ3v) is 4.85. The highest BCUT2D eigenvalue weighted by Crippen LogP contribution is 2.42.